The van der Waals surface area contributed by atoms with E-state index in [9.17, 15) is 0 Å². The predicted octanol–water partition coefficient (Wildman–Crippen LogP) is 10.5. The molecule has 10 nitrogen and oxygen atoms in total. The maximum absolute atomic E-state index is 7.31. The molecule has 0 fully saturated rings. The molecule has 0 amide bonds. The molecule has 0 aliphatic carbocycles. The number of nitrogens with two attached hydrogens (primary N) is 1. The fourth-order valence-corrected chi connectivity index (χ4v) is 15.0. The molecular formula is C37H35N4O6P3. The average Bonchev–Trinajstić information content (AvgIpc) is 3.16. The van der Waals surface area contributed by atoms with Crippen LogP contribution in [0.25, 0.3) is 0 Å². The van der Waals surface area contributed by atoms with Gasteiger partial charge in [-0.1, -0.05) is 0 Å². The zero-order chi connectivity index (χ0) is 34.1. The zero-order valence-corrected chi connectivity index (χ0v) is 29.6. The molecule has 1 heterocycles. The first-order chi connectivity index (χ1) is 24.6. The summed E-state index contributed by atoms with van der Waals surface area (Å²) >= 11 is 0. The zero-order valence-electron chi connectivity index (χ0n) is 26.8. The van der Waals surface area contributed by atoms with E-state index in [-0.39, 0.29) is 6.67 Å². The van der Waals surface area contributed by atoms with Gasteiger partial charge in [-0.2, -0.15) is 0 Å². The van der Waals surface area contributed by atoms with Gasteiger partial charge in [0.2, 0.25) is 0 Å². The van der Waals surface area contributed by atoms with Gasteiger partial charge in [0.1, 0.15) is 0 Å². The normalized spacial score (nSPS) is 17.6. The van der Waals surface area contributed by atoms with Gasteiger partial charge in [-0.25, -0.2) is 0 Å². The van der Waals surface area contributed by atoms with Crippen LogP contribution < -0.4 is 33.2 Å². The van der Waals surface area contributed by atoms with Crippen molar-refractivity contribution < 1.29 is 27.5 Å². The summed E-state index contributed by atoms with van der Waals surface area (Å²) in [7, 11) is -9.71. The van der Waals surface area contributed by atoms with E-state index < -0.39 is 24.1 Å². The van der Waals surface area contributed by atoms with Gasteiger partial charge in [0.05, 0.1) is 0 Å². The summed E-state index contributed by atoms with van der Waals surface area (Å²) in [6.07, 6.45) is 0. The van der Waals surface area contributed by atoms with Crippen molar-refractivity contribution in [1.29, 1.82) is 0 Å². The van der Waals surface area contributed by atoms with E-state index >= 15 is 0 Å². The SMILES string of the molecule is NCN1PN=P(Oc2ccccc2)(Oc2ccccc2)N(Oc2ccccc2)P1(Oc1ccccc1)(Oc1ccccc1)Oc1ccccc1. The average molecular weight is 725 g/mol. The number of nitrogens with zero attached hydrogens (tertiary/aromatic N) is 3. The van der Waals surface area contributed by atoms with Gasteiger partial charge >= 0.3 is 294 Å². The molecule has 50 heavy (non-hydrogen) atoms. The summed E-state index contributed by atoms with van der Waals surface area (Å²) in [5.74, 6) is 2.62. The van der Waals surface area contributed by atoms with E-state index in [1.54, 1.807) is 4.44 Å². The fraction of sp³-hybridized carbons (Fsp3) is 0.0270. The number of hydrogen-bond donors (Lipinski definition) is 1. The topological polar surface area (TPSA) is 100 Å². The minimum absolute atomic E-state index is 0.114. The molecule has 0 saturated carbocycles. The minimum atomic E-state index is -5.35. The molecule has 1 aliphatic rings. The Kier molecular flexibility index (Phi) is 10.0. The van der Waals surface area contributed by atoms with Crippen LogP contribution in [0.15, 0.2) is 187 Å². The first kappa shape index (κ1) is 33.6. The Morgan fingerprint density at radius 1 is 0.480 bits per heavy atom. The van der Waals surface area contributed by atoms with Crippen molar-refractivity contribution >= 4 is 24.1 Å². The molecule has 1 atom stereocenters. The monoisotopic (exact) mass is 724 g/mol. The van der Waals surface area contributed by atoms with Crippen molar-refractivity contribution in [3.8, 4) is 34.5 Å². The Bertz CT molecular complexity index is 1870. The molecular weight excluding hydrogens is 689 g/mol. The molecule has 6 aromatic rings. The molecule has 1 aliphatic heterocycles. The number of hydrogen-bond acceptors (Lipinski definition) is 10. The molecule has 254 valence electrons. The first-order valence-corrected chi connectivity index (χ1v) is 20.1. The van der Waals surface area contributed by atoms with Gasteiger partial charge in [0.25, 0.3) is 0 Å². The van der Waals surface area contributed by atoms with Crippen LogP contribution in [0.4, 0.5) is 0 Å². The quantitative estimate of drug-likeness (QED) is 0.117. The van der Waals surface area contributed by atoms with Crippen LogP contribution in [0.2, 0.25) is 0 Å². The van der Waals surface area contributed by atoms with E-state index in [1.807, 2.05) is 182 Å². The Balaban J connectivity index is 1.59. The van der Waals surface area contributed by atoms with E-state index in [4.69, 9.17) is 37.7 Å². The molecule has 0 spiro atoms. The molecule has 13 heteroatoms. The summed E-state index contributed by atoms with van der Waals surface area (Å²) < 4.78 is 44.2. The van der Waals surface area contributed by atoms with Crippen LogP contribution in [0, 0.1) is 0 Å². The van der Waals surface area contributed by atoms with Crippen molar-refractivity contribution in [2.24, 2.45) is 10.2 Å². The third-order valence-corrected chi connectivity index (χ3v) is 16.5. The van der Waals surface area contributed by atoms with Crippen molar-refractivity contribution in [3.63, 3.8) is 0 Å². The Morgan fingerprint density at radius 3 is 1.14 bits per heavy atom. The first-order valence-electron chi connectivity index (χ1n) is 15.8. The number of para-hydroxylation sites is 6. The maximum atomic E-state index is 7.31. The van der Waals surface area contributed by atoms with Gasteiger partial charge < -0.3 is 0 Å². The summed E-state index contributed by atoms with van der Waals surface area (Å²) in [5, 5.41) is 0. The van der Waals surface area contributed by atoms with Crippen LogP contribution in [-0.4, -0.2) is 15.7 Å². The molecule has 2 N–H and O–H groups in total. The third-order valence-electron chi connectivity index (χ3n) is 7.25. The second kappa shape index (κ2) is 14.9. The van der Waals surface area contributed by atoms with Gasteiger partial charge in [0.15, 0.2) is 0 Å². The standard InChI is InChI=1S/C37H35N4O6P3/c38-31-40-48-39-49(43-33-21-9-2-10-22-33,44-34-23-11-3-12-24-34)41(42-32-19-7-1-8-20-32)50(40,45-35-25-13-4-14-26-35,46-36-27-15-5-16-28-36)47-37-29-17-6-18-30-37/h1-30,48H,31,38H2. The number of benzene rings is 6. The summed E-state index contributed by atoms with van der Waals surface area (Å²) in [4.78, 5) is 7.01. The third kappa shape index (κ3) is 6.91. The summed E-state index contributed by atoms with van der Waals surface area (Å²) in [5.41, 5.74) is 6.69. The number of rotatable bonds is 13. The van der Waals surface area contributed by atoms with Crippen LogP contribution >= 0.6 is 24.1 Å². The van der Waals surface area contributed by atoms with E-state index in [0.29, 0.717) is 34.5 Å². The Labute approximate surface area is 293 Å². The Morgan fingerprint density at radius 2 is 0.800 bits per heavy atom. The van der Waals surface area contributed by atoms with E-state index in [2.05, 4.69) is 0 Å². The van der Waals surface area contributed by atoms with Crippen molar-refractivity contribution in [1.82, 2.24) is 9.05 Å². The fourth-order valence-electron chi connectivity index (χ4n) is 5.04. The van der Waals surface area contributed by atoms with Crippen LogP contribution in [0.3, 0.4) is 0 Å². The molecule has 1 unspecified atom stereocenters. The molecule has 0 bridgehead atoms. The van der Waals surface area contributed by atoms with E-state index in [0.717, 1.165) is 0 Å². The molecule has 0 saturated heterocycles. The van der Waals surface area contributed by atoms with Crippen LogP contribution in [-0.2, 0) is 0 Å². The molecule has 0 aromatic heterocycles. The van der Waals surface area contributed by atoms with Crippen LogP contribution in [0.1, 0.15) is 0 Å². The second-order valence-corrected chi connectivity index (χ2v) is 17.7. The van der Waals surface area contributed by atoms with Gasteiger partial charge in [-0.05, 0) is 0 Å². The van der Waals surface area contributed by atoms with Crippen molar-refractivity contribution in [3.05, 3.63) is 182 Å². The van der Waals surface area contributed by atoms with Gasteiger partial charge in [0, 0.05) is 0 Å². The summed E-state index contributed by atoms with van der Waals surface area (Å²) in [6, 6.07) is 55.6. The van der Waals surface area contributed by atoms with Crippen molar-refractivity contribution in [2.45, 2.75) is 0 Å². The summed E-state index contributed by atoms with van der Waals surface area (Å²) in [6.45, 7) is -0.114. The van der Waals surface area contributed by atoms with Crippen molar-refractivity contribution in [2.75, 3.05) is 6.67 Å². The van der Waals surface area contributed by atoms with Crippen LogP contribution in [0.5, 0.6) is 34.5 Å². The van der Waals surface area contributed by atoms with E-state index in [1.165, 1.54) is 4.60 Å². The Hall–Kier alpha value is -4.91. The molecule has 0 radical (unpaired) electrons. The van der Waals surface area contributed by atoms with Gasteiger partial charge in [-0.3, -0.25) is 0 Å². The second-order valence-electron chi connectivity index (χ2n) is 10.8. The predicted molar refractivity (Wildman–Crippen MR) is 200 cm³/mol. The molecule has 6 aromatic carbocycles. The van der Waals surface area contributed by atoms with Gasteiger partial charge in [-0.15, -0.1) is 0 Å². The molecule has 7 rings (SSSR count).